The lowest BCUT2D eigenvalue weighted by Crippen LogP contribution is -2.29. The molecule has 1 unspecified atom stereocenters. The SMILES string of the molecule is N#CC(OCCCO)C1CCOCC1. The maximum atomic E-state index is 8.90. The molecule has 4 nitrogen and oxygen atoms in total. The lowest BCUT2D eigenvalue weighted by Gasteiger charge is -2.25. The summed E-state index contributed by atoms with van der Waals surface area (Å²) in [5.74, 6) is 0.299. The molecule has 1 heterocycles. The molecule has 1 atom stereocenters. The van der Waals surface area contributed by atoms with Crippen molar-refractivity contribution >= 4 is 0 Å². The molecule has 14 heavy (non-hydrogen) atoms. The molecule has 0 aromatic carbocycles. The first-order valence-corrected chi connectivity index (χ1v) is 5.08. The van der Waals surface area contributed by atoms with Gasteiger partial charge in [-0.2, -0.15) is 5.26 Å². The Morgan fingerprint density at radius 3 is 2.79 bits per heavy atom. The van der Waals surface area contributed by atoms with E-state index in [9.17, 15) is 0 Å². The molecule has 0 saturated carbocycles. The summed E-state index contributed by atoms with van der Waals surface area (Å²) in [4.78, 5) is 0. The zero-order valence-corrected chi connectivity index (χ0v) is 8.32. The first-order chi connectivity index (χ1) is 6.88. The topological polar surface area (TPSA) is 62.5 Å². The van der Waals surface area contributed by atoms with Crippen molar-refractivity contribution in [1.29, 1.82) is 5.26 Å². The molecular weight excluding hydrogens is 182 g/mol. The molecule has 80 valence electrons. The lowest BCUT2D eigenvalue weighted by molar-refractivity contribution is -0.0114. The minimum atomic E-state index is -0.328. The van der Waals surface area contributed by atoms with Gasteiger partial charge in [0.05, 0.1) is 12.7 Å². The van der Waals surface area contributed by atoms with Crippen molar-refractivity contribution in [2.24, 2.45) is 5.92 Å². The number of aliphatic hydroxyl groups is 1. The highest BCUT2D eigenvalue weighted by molar-refractivity contribution is 4.90. The maximum Gasteiger partial charge on any atom is 0.146 e. The van der Waals surface area contributed by atoms with Crippen LogP contribution in [0.25, 0.3) is 0 Å². The van der Waals surface area contributed by atoms with Crippen molar-refractivity contribution in [1.82, 2.24) is 0 Å². The molecule has 1 aliphatic heterocycles. The molecule has 0 radical (unpaired) electrons. The number of hydrogen-bond donors (Lipinski definition) is 1. The second kappa shape index (κ2) is 6.77. The smallest absolute Gasteiger partial charge is 0.146 e. The van der Waals surface area contributed by atoms with E-state index in [1.54, 1.807) is 0 Å². The van der Waals surface area contributed by atoms with Gasteiger partial charge in [0.1, 0.15) is 6.10 Å². The van der Waals surface area contributed by atoms with Crippen LogP contribution in [0.1, 0.15) is 19.3 Å². The van der Waals surface area contributed by atoms with Crippen LogP contribution in [0, 0.1) is 17.2 Å². The van der Waals surface area contributed by atoms with Crippen molar-refractivity contribution in [3.8, 4) is 6.07 Å². The van der Waals surface area contributed by atoms with Gasteiger partial charge < -0.3 is 14.6 Å². The van der Waals surface area contributed by atoms with Crippen LogP contribution < -0.4 is 0 Å². The lowest BCUT2D eigenvalue weighted by atomic mass is 9.94. The Kier molecular flexibility index (Phi) is 5.53. The van der Waals surface area contributed by atoms with E-state index >= 15 is 0 Å². The molecule has 0 aromatic heterocycles. The van der Waals surface area contributed by atoms with E-state index in [0.29, 0.717) is 18.9 Å². The third-order valence-electron chi connectivity index (χ3n) is 2.42. The van der Waals surface area contributed by atoms with Gasteiger partial charge in [0.15, 0.2) is 0 Å². The Hall–Kier alpha value is -0.630. The van der Waals surface area contributed by atoms with Gasteiger partial charge in [-0.05, 0) is 19.3 Å². The number of rotatable bonds is 5. The van der Waals surface area contributed by atoms with Crippen molar-refractivity contribution in [2.45, 2.75) is 25.4 Å². The predicted molar refractivity (Wildman–Crippen MR) is 50.6 cm³/mol. The first-order valence-electron chi connectivity index (χ1n) is 5.08. The number of hydrogen-bond acceptors (Lipinski definition) is 4. The fourth-order valence-corrected chi connectivity index (χ4v) is 1.57. The number of aliphatic hydroxyl groups excluding tert-OH is 1. The van der Waals surface area contributed by atoms with Crippen LogP contribution in [0.5, 0.6) is 0 Å². The molecule has 1 saturated heterocycles. The van der Waals surface area contributed by atoms with Crippen molar-refractivity contribution in [2.75, 3.05) is 26.4 Å². The van der Waals surface area contributed by atoms with E-state index in [1.165, 1.54) is 0 Å². The summed E-state index contributed by atoms with van der Waals surface area (Å²) in [6, 6.07) is 2.17. The quantitative estimate of drug-likeness (QED) is 0.662. The van der Waals surface area contributed by atoms with E-state index in [2.05, 4.69) is 6.07 Å². The van der Waals surface area contributed by atoms with Gasteiger partial charge in [0, 0.05) is 25.7 Å². The van der Waals surface area contributed by atoms with Crippen LogP contribution in [0.3, 0.4) is 0 Å². The largest absolute Gasteiger partial charge is 0.396 e. The van der Waals surface area contributed by atoms with Crippen LogP contribution in [0.2, 0.25) is 0 Å². The summed E-state index contributed by atoms with van der Waals surface area (Å²) < 4.78 is 10.6. The molecule has 0 amide bonds. The monoisotopic (exact) mass is 199 g/mol. The highest BCUT2D eigenvalue weighted by Crippen LogP contribution is 2.20. The summed E-state index contributed by atoms with van der Waals surface area (Å²) in [6.07, 6.45) is 2.07. The van der Waals surface area contributed by atoms with Gasteiger partial charge in [-0.15, -0.1) is 0 Å². The van der Waals surface area contributed by atoms with E-state index in [4.69, 9.17) is 19.8 Å². The molecule has 1 N–H and O–H groups in total. The number of nitrogens with zero attached hydrogens (tertiary/aromatic N) is 1. The van der Waals surface area contributed by atoms with E-state index < -0.39 is 0 Å². The Bertz CT molecular complexity index is 184. The second-order valence-electron chi connectivity index (χ2n) is 3.45. The fraction of sp³-hybridized carbons (Fsp3) is 0.900. The van der Waals surface area contributed by atoms with Crippen LogP contribution >= 0.6 is 0 Å². The van der Waals surface area contributed by atoms with E-state index in [1.807, 2.05) is 0 Å². The summed E-state index contributed by atoms with van der Waals surface area (Å²) in [7, 11) is 0. The van der Waals surface area contributed by atoms with Gasteiger partial charge in [-0.3, -0.25) is 0 Å². The Labute approximate surface area is 84.4 Å². The van der Waals surface area contributed by atoms with Gasteiger partial charge in [-0.25, -0.2) is 0 Å². The van der Waals surface area contributed by atoms with Crippen LogP contribution in [-0.2, 0) is 9.47 Å². The predicted octanol–water partition coefficient (Wildman–Crippen LogP) is 0.704. The fourth-order valence-electron chi connectivity index (χ4n) is 1.57. The Balaban J connectivity index is 2.25. The Morgan fingerprint density at radius 2 is 2.21 bits per heavy atom. The number of ether oxygens (including phenoxy) is 2. The molecule has 0 aliphatic carbocycles. The normalized spacial score (nSPS) is 20.3. The van der Waals surface area contributed by atoms with E-state index in [0.717, 1.165) is 26.1 Å². The molecule has 0 aromatic rings. The van der Waals surface area contributed by atoms with Crippen molar-refractivity contribution in [3.05, 3.63) is 0 Å². The minimum absolute atomic E-state index is 0.117. The molecule has 1 aliphatic rings. The average Bonchev–Trinajstić information content (AvgIpc) is 2.26. The summed E-state index contributed by atoms with van der Waals surface area (Å²) in [6.45, 7) is 2.04. The Morgan fingerprint density at radius 1 is 1.50 bits per heavy atom. The van der Waals surface area contributed by atoms with Gasteiger partial charge in [-0.1, -0.05) is 0 Å². The summed E-state index contributed by atoms with van der Waals surface area (Å²) >= 11 is 0. The zero-order chi connectivity index (χ0) is 10.2. The molecule has 1 rings (SSSR count). The first kappa shape index (κ1) is 11.4. The third kappa shape index (κ3) is 3.62. The van der Waals surface area contributed by atoms with Gasteiger partial charge >= 0.3 is 0 Å². The third-order valence-corrected chi connectivity index (χ3v) is 2.42. The molecule has 1 fully saturated rings. The maximum absolute atomic E-state index is 8.90. The van der Waals surface area contributed by atoms with Crippen molar-refractivity contribution in [3.63, 3.8) is 0 Å². The van der Waals surface area contributed by atoms with Crippen LogP contribution in [-0.4, -0.2) is 37.6 Å². The van der Waals surface area contributed by atoms with Gasteiger partial charge in [0.2, 0.25) is 0 Å². The summed E-state index contributed by atoms with van der Waals surface area (Å²) in [5.41, 5.74) is 0. The standard InChI is InChI=1S/C10H17NO3/c11-8-10(14-5-1-4-12)9-2-6-13-7-3-9/h9-10,12H,1-7H2. The molecule has 0 bridgehead atoms. The molecule has 0 spiro atoms. The number of nitriles is 1. The molecule has 4 heteroatoms. The van der Waals surface area contributed by atoms with Crippen LogP contribution in [0.15, 0.2) is 0 Å². The zero-order valence-electron chi connectivity index (χ0n) is 8.32. The highest BCUT2D eigenvalue weighted by atomic mass is 16.5. The summed E-state index contributed by atoms with van der Waals surface area (Å²) in [5, 5.41) is 17.5. The van der Waals surface area contributed by atoms with Crippen LogP contribution in [0.4, 0.5) is 0 Å². The van der Waals surface area contributed by atoms with E-state index in [-0.39, 0.29) is 12.7 Å². The molecular formula is C10H17NO3. The highest BCUT2D eigenvalue weighted by Gasteiger charge is 2.24. The minimum Gasteiger partial charge on any atom is -0.396 e. The van der Waals surface area contributed by atoms with Crippen molar-refractivity contribution < 1.29 is 14.6 Å². The van der Waals surface area contributed by atoms with Gasteiger partial charge in [0.25, 0.3) is 0 Å². The average molecular weight is 199 g/mol. The second-order valence-corrected chi connectivity index (χ2v) is 3.45.